The predicted octanol–water partition coefficient (Wildman–Crippen LogP) is 4.76. The van der Waals surface area contributed by atoms with Gasteiger partial charge in [-0.2, -0.15) is 13.2 Å². The van der Waals surface area contributed by atoms with Gasteiger partial charge >= 0.3 is 6.18 Å². The van der Waals surface area contributed by atoms with Crippen molar-refractivity contribution in [3.63, 3.8) is 0 Å². The Bertz CT molecular complexity index is 1320. The maximum absolute atomic E-state index is 13.5. The van der Waals surface area contributed by atoms with E-state index in [1.807, 2.05) is 43.3 Å². The van der Waals surface area contributed by atoms with Gasteiger partial charge in [0.05, 0.1) is 17.7 Å². The van der Waals surface area contributed by atoms with Crippen LogP contribution in [-0.2, 0) is 23.9 Å². The molecule has 0 saturated carbocycles. The van der Waals surface area contributed by atoms with Gasteiger partial charge in [0.15, 0.2) is 0 Å². The van der Waals surface area contributed by atoms with Crippen LogP contribution in [0.25, 0.3) is 0 Å². The Kier molecular flexibility index (Phi) is 10.0. The van der Waals surface area contributed by atoms with Crippen molar-refractivity contribution in [1.82, 2.24) is 10.6 Å². The van der Waals surface area contributed by atoms with E-state index in [9.17, 15) is 27.9 Å². The molecule has 1 aliphatic rings. The van der Waals surface area contributed by atoms with Crippen LogP contribution in [0.4, 0.5) is 24.5 Å². The number of carbonyl (C=O) groups is 2. The molecule has 0 aromatic heterocycles. The Morgan fingerprint density at radius 2 is 1.76 bits per heavy atom. The highest BCUT2D eigenvalue weighted by Gasteiger charge is 2.30. The number of alkyl halides is 3. The molecule has 218 valence electrons. The third kappa shape index (κ3) is 8.31. The lowest BCUT2D eigenvalue weighted by Crippen LogP contribution is -2.48. The molecule has 4 N–H and O–H groups in total. The molecule has 0 bridgehead atoms. The molecule has 4 rings (SSSR count). The van der Waals surface area contributed by atoms with Crippen molar-refractivity contribution in [3.05, 3.63) is 95.1 Å². The number of aliphatic hydroxyl groups is 1. The summed E-state index contributed by atoms with van der Waals surface area (Å²) in [5.41, 5.74) is 2.56. The van der Waals surface area contributed by atoms with Gasteiger partial charge in [0.2, 0.25) is 5.91 Å². The standard InChI is InChI=1S/C31H35F3N4O3/c1-2-36-25-16-23(17-26(18-25)38-14-6-9-29(38)40)30(41)37-27(15-21-7-4-3-5-8-21)28(39)20-35-19-22-10-12-24(13-11-22)31(32,33)34/h3-5,7-8,10-13,16-18,27-28,35-36,39H,2,6,9,14-15,19-20H2,1H3,(H,37,41)/t27-,28-/m0/s1. The lowest BCUT2D eigenvalue weighted by molar-refractivity contribution is -0.137. The van der Waals surface area contributed by atoms with Crippen LogP contribution in [0.15, 0.2) is 72.8 Å². The van der Waals surface area contributed by atoms with Crippen molar-refractivity contribution < 1.29 is 27.9 Å². The quantitative estimate of drug-likeness (QED) is 0.253. The number of hydrogen-bond donors (Lipinski definition) is 4. The maximum Gasteiger partial charge on any atom is 0.416 e. The van der Waals surface area contributed by atoms with E-state index in [4.69, 9.17) is 0 Å². The van der Waals surface area contributed by atoms with E-state index in [-0.39, 0.29) is 24.9 Å². The second-order valence-electron chi connectivity index (χ2n) is 10.1. The highest BCUT2D eigenvalue weighted by atomic mass is 19.4. The van der Waals surface area contributed by atoms with Gasteiger partial charge in [0.1, 0.15) is 0 Å². The molecule has 0 aliphatic carbocycles. The number of benzene rings is 3. The highest BCUT2D eigenvalue weighted by Crippen LogP contribution is 2.29. The minimum atomic E-state index is -4.40. The van der Waals surface area contributed by atoms with Crippen molar-refractivity contribution in [3.8, 4) is 0 Å². The molecule has 10 heteroatoms. The van der Waals surface area contributed by atoms with Crippen molar-refractivity contribution in [1.29, 1.82) is 0 Å². The van der Waals surface area contributed by atoms with Gasteiger partial charge in [-0.15, -0.1) is 0 Å². The molecule has 1 fully saturated rings. The average molecular weight is 569 g/mol. The fraction of sp³-hybridized carbons (Fsp3) is 0.355. The Labute approximate surface area is 237 Å². The van der Waals surface area contributed by atoms with Gasteiger partial charge in [-0.1, -0.05) is 42.5 Å². The summed E-state index contributed by atoms with van der Waals surface area (Å²) in [7, 11) is 0. The van der Waals surface area contributed by atoms with Gasteiger partial charge in [0, 0.05) is 49.5 Å². The Hall–Kier alpha value is -3.89. The molecule has 3 aromatic carbocycles. The molecular formula is C31H35F3N4O3. The Morgan fingerprint density at radius 3 is 2.39 bits per heavy atom. The summed E-state index contributed by atoms with van der Waals surface area (Å²) in [6, 6.07) is 18.9. The van der Waals surface area contributed by atoms with E-state index in [2.05, 4.69) is 16.0 Å². The monoisotopic (exact) mass is 568 g/mol. The minimum absolute atomic E-state index is 0.0153. The number of rotatable bonds is 12. The predicted molar refractivity (Wildman–Crippen MR) is 153 cm³/mol. The van der Waals surface area contributed by atoms with Gasteiger partial charge in [-0.25, -0.2) is 0 Å². The van der Waals surface area contributed by atoms with Crippen LogP contribution in [0.1, 0.15) is 46.8 Å². The van der Waals surface area contributed by atoms with Gasteiger partial charge < -0.3 is 26.0 Å². The Balaban J connectivity index is 1.47. The van der Waals surface area contributed by atoms with E-state index in [0.29, 0.717) is 48.4 Å². The number of hydrogen-bond acceptors (Lipinski definition) is 5. The molecule has 1 saturated heterocycles. The fourth-order valence-electron chi connectivity index (χ4n) is 4.85. The molecule has 1 heterocycles. The van der Waals surface area contributed by atoms with Crippen LogP contribution in [0, 0.1) is 0 Å². The molecule has 2 atom stereocenters. The van der Waals surface area contributed by atoms with Crippen LogP contribution >= 0.6 is 0 Å². The summed E-state index contributed by atoms with van der Waals surface area (Å²) in [6.45, 7) is 3.52. The summed E-state index contributed by atoms with van der Waals surface area (Å²) in [4.78, 5) is 27.6. The molecule has 7 nitrogen and oxygen atoms in total. The zero-order valence-electron chi connectivity index (χ0n) is 22.9. The zero-order valence-corrected chi connectivity index (χ0v) is 22.9. The molecule has 1 aliphatic heterocycles. The molecule has 3 aromatic rings. The van der Waals surface area contributed by atoms with Crippen LogP contribution < -0.4 is 20.9 Å². The normalized spacial score (nSPS) is 15.0. The first-order valence-electron chi connectivity index (χ1n) is 13.7. The maximum atomic E-state index is 13.5. The molecular weight excluding hydrogens is 533 g/mol. The molecule has 0 radical (unpaired) electrons. The van der Waals surface area contributed by atoms with Crippen molar-refractivity contribution >= 4 is 23.2 Å². The molecule has 0 spiro atoms. The number of carbonyl (C=O) groups excluding carboxylic acids is 2. The first kappa shape index (κ1) is 30.1. The molecule has 41 heavy (non-hydrogen) atoms. The van der Waals surface area contributed by atoms with Gasteiger partial charge in [-0.05, 0) is 61.2 Å². The van der Waals surface area contributed by atoms with Crippen molar-refractivity contribution in [2.24, 2.45) is 0 Å². The largest absolute Gasteiger partial charge is 0.416 e. The summed E-state index contributed by atoms with van der Waals surface area (Å²) in [6.07, 6.45) is -3.80. The summed E-state index contributed by atoms with van der Waals surface area (Å²) >= 11 is 0. The third-order valence-corrected chi connectivity index (χ3v) is 6.99. The second-order valence-corrected chi connectivity index (χ2v) is 10.1. The summed E-state index contributed by atoms with van der Waals surface area (Å²) < 4.78 is 38.5. The Morgan fingerprint density at radius 1 is 1.02 bits per heavy atom. The van der Waals surface area contributed by atoms with E-state index < -0.39 is 23.9 Å². The zero-order chi connectivity index (χ0) is 29.4. The second kappa shape index (κ2) is 13.6. The number of nitrogens with zero attached hydrogens (tertiary/aromatic N) is 1. The highest BCUT2D eigenvalue weighted by molar-refractivity contribution is 6.00. The average Bonchev–Trinajstić information content (AvgIpc) is 3.38. The lowest BCUT2D eigenvalue weighted by Gasteiger charge is -2.25. The van der Waals surface area contributed by atoms with Crippen LogP contribution in [0.5, 0.6) is 0 Å². The number of amides is 2. The van der Waals surface area contributed by atoms with Crippen LogP contribution in [0.3, 0.4) is 0 Å². The topological polar surface area (TPSA) is 93.7 Å². The number of aliphatic hydroxyl groups excluding tert-OH is 1. The molecule has 2 amide bonds. The van der Waals surface area contributed by atoms with E-state index in [0.717, 1.165) is 24.1 Å². The smallest absolute Gasteiger partial charge is 0.390 e. The summed E-state index contributed by atoms with van der Waals surface area (Å²) in [5.74, 6) is -0.373. The van der Waals surface area contributed by atoms with Crippen LogP contribution in [0.2, 0.25) is 0 Å². The SMILES string of the molecule is CCNc1cc(C(=O)N[C@@H](Cc2ccccc2)[C@@H](O)CNCc2ccc(C(F)(F)F)cc2)cc(N2CCCC2=O)c1. The lowest BCUT2D eigenvalue weighted by atomic mass is 10.00. The molecule has 0 unspecified atom stereocenters. The van der Waals surface area contributed by atoms with Crippen LogP contribution in [-0.4, -0.2) is 48.7 Å². The third-order valence-electron chi connectivity index (χ3n) is 6.99. The van der Waals surface area contributed by atoms with Gasteiger partial charge in [0.25, 0.3) is 5.91 Å². The van der Waals surface area contributed by atoms with Crippen molar-refractivity contribution in [2.45, 2.75) is 51.1 Å². The van der Waals surface area contributed by atoms with E-state index >= 15 is 0 Å². The fourth-order valence-corrected chi connectivity index (χ4v) is 4.85. The van der Waals surface area contributed by atoms with Crippen molar-refractivity contribution in [2.75, 3.05) is 29.9 Å². The number of halogens is 3. The van der Waals surface area contributed by atoms with Gasteiger partial charge in [-0.3, -0.25) is 9.59 Å². The van der Waals surface area contributed by atoms with E-state index in [1.54, 1.807) is 17.0 Å². The number of nitrogens with one attached hydrogen (secondary N) is 3. The first-order valence-corrected chi connectivity index (χ1v) is 13.7. The number of anilines is 2. The van der Waals surface area contributed by atoms with E-state index in [1.165, 1.54) is 12.1 Å². The summed E-state index contributed by atoms with van der Waals surface area (Å²) in [5, 5.41) is 20.4. The first-order chi connectivity index (χ1) is 19.6. The minimum Gasteiger partial charge on any atom is -0.390 e.